The van der Waals surface area contributed by atoms with E-state index in [1.165, 1.54) is 19.4 Å². The van der Waals surface area contributed by atoms with E-state index in [1.807, 2.05) is 25.1 Å². The minimum atomic E-state index is 0. The lowest BCUT2D eigenvalue weighted by atomic mass is 10.2. The van der Waals surface area contributed by atoms with Crippen LogP contribution in [0.25, 0.3) is 0 Å². The SMILES string of the molecule is CCNC(=NCc1ccc(OC)c(OCC)c1)NCC1CCCN1CC.I. The maximum absolute atomic E-state index is 5.65. The Hall–Kier alpha value is -1.22. The van der Waals surface area contributed by atoms with E-state index in [2.05, 4.69) is 29.4 Å². The van der Waals surface area contributed by atoms with Crippen LogP contribution in [-0.4, -0.2) is 56.8 Å². The summed E-state index contributed by atoms with van der Waals surface area (Å²) in [7, 11) is 1.66. The fourth-order valence-corrected chi connectivity index (χ4v) is 3.36. The van der Waals surface area contributed by atoms with Crippen LogP contribution in [0.5, 0.6) is 11.5 Å². The van der Waals surface area contributed by atoms with Gasteiger partial charge >= 0.3 is 0 Å². The summed E-state index contributed by atoms with van der Waals surface area (Å²) in [6.07, 6.45) is 2.55. The second-order valence-corrected chi connectivity index (χ2v) is 6.42. The van der Waals surface area contributed by atoms with Gasteiger partial charge in [0.05, 0.1) is 20.3 Å². The Morgan fingerprint density at radius 2 is 2.04 bits per heavy atom. The highest BCUT2D eigenvalue weighted by atomic mass is 127. The van der Waals surface area contributed by atoms with Crippen LogP contribution in [0.3, 0.4) is 0 Å². The van der Waals surface area contributed by atoms with Crippen molar-refractivity contribution >= 4 is 29.9 Å². The zero-order valence-corrected chi connectivity index (χ0v) is 19.4. The van der Waals surface area contributed by atoms with Crippen molar-refractivity contribution in [3.8, 4) is 11.5 Å². The zero-order valence-electron chi connectivity index (χ0n) is 17.1. The van der Waals surface area contributed by atoms with Gasteiger partial charge in [-0.15, -0.1) is 24.0 Å². The first-order valence-electron chi connectivity index (χ1n) is 9.77. The molecule has 7 heteroatoms. The molecule has 1 fully saturated rings. The number of benzene rings is 1. The Morgan fingerprint density at radius 3 is 2.70 bits per heavy atom. The predicted molar refractivity (Wildman–Crippen MR) is 123 cm³/mol. The van der Waals surface area contributed by atoms with Crippen molar-refractivity contribution in [2.24, 2.45) is 4.99 Å². The summed E-state index contributed by atoms with van der Waals surface area (Å²) in [6, 6.07) is 6.58. The molecule has 0 saturated carbocycles. The van der Waals surface area contributed by atoms with Crippen LogP contribution in [0.4, 0.5) is 0 Å². The van der Waals surface area contributed by atoms with Crippen molar-refractivity contribution in [3.05, 3.63) is 23.8 Å². The highest BCUT2D eigenvalue weighted by molar-refractivity contribution is 14.0. The fraction of sp³-hybridized carbons (Fsp3) is 0.650. The lowest BCUT2D eigenvalue weighted by molar-refractivity contribution is 0.267. The number of nitrogens with zero attached hydrogens (tertiary/aromatic N) is 2. The molecule has 0 bridgehead atoms. The summed E-state index contributed by atoms with van der Waals surface area (Å²) in [6.45, 7) is 11.6. The van der Waals surface area contributed by atoms with Gasteiger partial charge in [0.25, 0.3) is 0 Å². The average molecular weight is 490 g/mol. The highest BCUT2D eigenvalue weighted by Gasteiger charge is 2.22. The largest absolute Gasteiger partial charge is 0.493 e. The molecule has 1 atom stereocenters. The second-order valence-electron chi connectivity index (χ2n) is 6.42. The molecule has 1 aromatic carbocycles. The molecular weight excluding hydrogens is 455 g/mol. The van der Waals surface area contributed by atoms with E-state index in [-0.39, 0.29) is 24.0 Å². The third kappa shape index (κ3) is 7.37. The molecule has 27 heavy (non-hydrogen) atoms. The topological polar surface area (TPSA) is 58.1 Å². The Balaban J connectivity index is 0.00000364. The second kappa shape index (κ2) is 13.0. The summed E-state index contributed by atoms with van der Waals surface area (Å²) in [5.41, 5.74) is 1.10. The van der Waals surface area contributed by atoms with Crippen LogP contribution in [0.15, 0.2) is 23.2 Å². The number of nitrogens with one attached hydrogen (secondary N) is 2. The number of aliphatic imine (C=N–C) groups is 1. The molecule has 0 radical (unpaired) electrons. The van der Waals surface area contributed by atoms with Crippen LogP contribution < -0.4 is 20.1 Å². The van der Waals surface area contributed by atoms with E-state index in [1.54, 1.807) is 7.11 Å². The smallest absolute Gasteiger partial charge is 0.191 e. The Bertz CT molecular complexity index is 583. The van der Waals surface area contributed by atoms with Crippen LogP contribution >= 0.6 is 24.0 Å². The summed E-state index contributed by atoms with van der Waals surface area (Å²) in [5, 5.41) is 6.84. The van der Waals surface area contributed by atoms with Crippen molar-refractivity contribution in [2.75, 3.05) is 39.9 Å². The van der Waals surface area contributed by atoms with Gasteiger partial charge in [-0.05, 0) is 57.5 Å². The third-order valence-corrected chi connectivity index (χ3v) is 4.70. The molecule has 0 amide bonds. The normalized spacial score (nSPS) is 17.3. The van der Waals surface area contributed by atoms with Crippen LogP contribution in [-0.2, 0) is 6.54 Å². The minimum absolute atomic E-state index is 0. The molecule has 2 rings (SSSR count). The van der Waals surface area contributed by atoms with E-state index in [0.717, 1.165) is 42.7 Å². The number of hydrogen-bond donors (Lipinski definition) is 2. The fourth-order valence-electron chi connectivity index (χ4n) is 3.36. The number of guanidine groups is 1. The maximum Gasteiger partial charge on any atom is 0.191 e. The van der Waals surface area contributed by atoms with Gasteiger partial charge in [-0.3, -0.25) is 4.90 Å². The Labute approximate surface area is 181 Å². The number of likely N-dealkylation sites (N-methyl/N-ethyl adjacent to an activating group) is 1. The number of rotatable bonds is 9. The van der Waals surface area contributed by atoms with Crippen molar-refractivity contribution in [2.45, 2.75) is 46.2 Å². The van der Waals surface area contributed by atoms with Gasteiger partial charge in [0, 0.05) is 19.1 Å². The van der Waals surface area contributed by atoms with Gasteiger partial charge in [-0.1, -0.05) is 13.0 Å². The molecule has 2 N–H and O–H groups in total. The first kappa shape index (κ1) is 23.8. The van der Waals surface area contributed by atoms with Crippen molar-refractivity contribution in [1.82, 2.24) is 15.5 Å². The minimum Gasteiger partial charge on any atom is -0.493 e. The Kier molecular flexibility index (Phi) is 11.5. The molecule has 0 aromatic heterocycles. The predicted octanol–water partition coefficient (Wildman–Crippen LogP) is 3.25. The summed E-state index contributed by atoms with van der Waals surface area (Å²) in [5.74, 6) is 2.39. The molecule has 1 unspecified atom stereocenters. The first-order chi connectivity index (χ1) is 12.7. The van der Waals surface area contributed by atoms with E-state index < -0.39 is 0 Å². The van der Waals surface area contributed by atoms with Crippen molar-refractivity contribution in [3.63, 3.8) is 0 Å². The number of halogens is 1. The summed E-state index contributed by atoms with van der Waals surface area (Å²) < 4.78 is 11.0. The molecule has 1 aromatic rings. The molecule has 1 saturated heterocycles. The highest BCUT2D eigenvalue weighted by Crippen LogP contribution is 2.28. The maximum atomic E-state index is 5.65. The van der Waals surface area contributed by atoms with E-state index >= 15 is 0 Å². The summed E-state index contributed by atoms with van der Waals surface area (Å²) in [4.78, 5) is 7.27. The molecule has 1 heterocycles. The van der Waals surface area contributed by atoms with Gasteiger partial charge in [0.2, 0.25) is 0 Å². The summed E-state index contributed by atoms with van der Waals surface area (Å²) >= 11 is 0. The molecule has 154 valence electrons. The van der Waals surface area contributed by atoms with Gasteiger partial charge in [-0.2, -0.15) is 0 Å². The quantitative estimate of drug-likeness (QED) is 0.316. The zero-order chi connectivity index (χ0) is 18.8. The van der Waals surface area contributed by atoms with Crippen molar-refractivity contribution in [1.29, 1.82) is 0 Å². The van der Waals surface area contributed by atoms with Gasteiger partial charge in [-0.25, -0.2) is 4.99 Å². The van der Waals surface area contributed by atoms with E-state index in [4.69, 9.17) is 14.5 Å². The molecule has 0 spiro atoms. The number of hydrogen-bond acceptors (Lipinski definition) is 4. The van der Waals surface area contributed by atoms with E-state index in [9.17, 15) is 0 Å². The molecule has 1 aliphatic heterocycles. The lowest BCUT2D eigenvalue weighted by Gasteiger charge is -2.24. The number of methoxy groups -OCH3 is 1. The van der Waals surface area contributed by atoms with Gasteiger partial charge in [0.15, 0.2) is 17.5 Å². The standard InChI is InChI=1S/C20H34N4O2.HI/c1-5-21-20(23-15-17-9-8-12-24(17)6-2)22-14-16-10-11-18(25-4)19(13-16)26-7-3;/h10-11,13,17H,5-9,12,14-15H2,1-4H3,(H2,21,22,23);1H. The number of ether oxygens (including phenoxy) is 2. The van der Waals surface area contributed by atoms with Crippen LogP contribution in [0.2, 0.25) is 0 Å². The van der Waals surface area contributed by atoms with E-state index in [0.29, 0.717) is 19.2 Å². The molecule has 6 nitrogen and oxygen atoms in total. The molecule has 0 aliphatic carbocycles. The van der Waals surface area contributed by atoms with Crippen LogP contribution in [0.1, 0.15) is 39.2 Å². The van der Waals surface area contributed by atoms with Gasteiger partial charge < -0.3 is 20.1 Å². The number of likely N-dealkylation sites (tertiary alicyclic amines) is 1. The average Bonchev–Trinajstić information content (AvgIpc) is 3.12. The molecular formula is C20H35IN4O2. The van der Waals surface area contributed by atoms with Crippen molar-refractivity contribution < 1.29 is 9.47 Å². The monoisotopic (exact) mass is 490 g/mol. The molecule has 1 aliphatic rings. The van der Waals surface area contributed by atoms with Crippen LogP contribution in [0, 0.1) is 0 Å². The Morgan fingerprint density at radius 1 is 1.22 bits per heavy atom. The van der Waals surface area contributed by atoms with Gasteiger partial charge in [0.1, 0.15) is 0 Å². The third-order valence-electron chi connectivity index (χ3n) is 4.70. The first-order valence-corrected chi connectivity index (χ1v) is 9.77. The lowest BCUT2D eigenvalue weighted by Crippen LogP contribution is -2.44.